The number of nitrogens with one attached hydrogen (secondary N) is 1. The zero-order chi connectivity index (χ0) is 17.2. The molecular weight excluding hydrogens is 328 g/mol. The first-order valence-electron chi connectivity index (χ1n) is 6.85. The predicted octanol–water partition coefficient (Wildman–Crippen LogP) is -0.982. The normalized spacial score (nSPS) is 20.3. The Hall–Kier alpha value is -1.98. The second-order valence-corrected chi connectivity index (χ2v) is 6.72. The van der Waals surface area contributed by atoms with Crippen LogP contribution in [0.5, 0.6) is 0 Å². The van der Waals surface area contributed by atoms with Gasteiger partial charge >= 0.3 is 11.9 Å². The van der Waals surface area contributed by atoms with Gasteiger partial charge in [0.1, 0.15) is 6.04 Å². The lowest BCUT2D eigenvalue weighted by molar-refractivity contribution is -0.144. The summed E-state index contributed by atoms with van der Waals surface area (Å²) < 4.78 is 33.9. The number of nitrogens with zero attached hydrogens (tertiary/aromatic N) is 3. The highest BCUT2D eigenvalue weighted by Gasteiger charge is 2.41. The maximum absolute atomic E-state index is 12.5. The van der Waals surface area contributed by atoms with Crippen LogP contribution in [-0.4, -0.2) is 59.2 Å². The number of aryl methyl sites for hydroxylation is 1. The van der Waals surface area contributed by atoms with E-state index in [4.69, 9.17) is 0 Å². The van der Waals surface area contributed by atoms with Crippen LogP contribution in [0.2, 0.25) is 0 Å². The van der Waals surface area contributed by atoms with Crippen molar-refractivity contribution >= 4 is 22.1 Å². The van der Waals surface area contributed by atoms with Gasteiger partial charge in [0.2, 0.25) is 0 Å². The molecule has 1 aromatic heterocycles. The van der Waals surface area contributed by atoms with Crippen LogP contribution in [0.1, 0.15) is 24.6 Å². The standard InChI is InChI=1S/C12H18N4O6S/c1-15-8(5-6-13-15)10(11(17)18)14-23(20,21)16-7-3-4-9(16)12(19)22-2/h5-6,9-10,14H,3-4,7H2,1-2H3,(H,17,18)/t9-,10?/m0/s1. The van der Waals surface area contributed by atoms with Gasteiger partial charge in [-0.05, 0) is 18.9 Å². The number of ether oxygens (including phenoxy) is 1. The fraction of sp³-hybridized carbons (Fsp3) is 0.583. The minimum absolute atomic E-state index is 0.118. The van der Waals surface area contributed by atoms with Crippen molar-refractivity contribution in [3.8, 4) is 0 Å². The Balaban J connectivity index is 2.27. The van der Waals surface area contributed by atoms with Gasteiger partial charge in [0, 0.05) is 19.8 Å². The number of carboxylic acids is 1. The topological polar surface area (TPSA) is 131 Å². The molecule has 2 atom stereocenters. The summed E-state index contributed by atoms with van der Waals surface area (Å²) in [5, 5.41) is 13.2. The highest BCUT2D eigenvalue weighted by atomic mass is 32.2. The zero-order valence-corrected chi connectivity index (χ0v) is 13.5. The van der Waals surface area contributed by atoms with Gasteiger partial charge in [-0.3, -0.25) is 14.3 Å². The minimum atomic E-state index is -4.19. The average molecular weight is 346 g/mol. The maximum atomic E-state index is 12.5. The molecule has 0 bridgehead atoms. The van der Waals surface area contributed by atoms with Crippen LogP contribution >= 0.6 is 0 Å². The summed E-state index contributed by atoms with van der Waals surface area (Å²) >= 11 is 0. The molecule has 1 aliphatic heterocycles. The summed E-state index contributed by atoms with van der Waals surface area (Å²) in [5.41, 5.74) is 0.176. The van der Waals surface area contributed by atoms with Gasteiger partial charge in [0.05, 0.1) is 12.8 Å². The van der Waals surface area contributed by atoms with Crippen LogP contribution < -0.4 is 4.72 Å². The fourth-order valence-electron chi connectivity index (χ4n) is 2.52. The quantitative estimate of drug-likeness (QED) is 0.633. The van der Waals surface area contributed by atoms with Gasteiger partial charge in [-0.25, -0.2) is 0 Å². The SMILES string of the molecule is COC(=O)[C@@H]1CCCN1S(=O)(=O)NC(C(=O)O)c1ccnn1C. The third-order valence-electron chi connectivity index (χ3n) is 3.65. The molecule has 23 heavy (non-hydrogen) atoms. The summed E-state index contributed by atoms with van der Waals surface area (Å²) in [6, 6.07) is -1.05. The molecule has 1 saturated heterocycles. The number of hydrogen-bond donors (Lipinski definition) is 2. The van der Waals surface area contributed by atoms with Gasteiger partial charge in [-0.2, -0.15) is 22.5 Å². The summed E-state index contributed by atoms with van der Waals surface area (Å²) in [4.78, 5) is 23.1. The van der Waals surface area contributed by atoms with Gasteiger partial charge < -0.3 is 9.84 Å². The van der Waals surface area contributed by atoms with E-state index in [1.807, 2.05) is 0 Å². The Kier molecular flexibility index (Phi) is 5.02. The lowest BCUT2D eigenvalue weighted by Gasteiger charge is -2.24. The third-order valence-corrected chi connectivity index (χ3v) is 5.24. The van der Waals surface area contributed by atoms with Crippen LogP contribution in [0.25, 0.3) is 0 Å². The van der Waals surface area contributed by atoms with Crippen LogP contribution in [0.4, 0.5) is 0 Å². The average Bonchev–Trinajstić information content (AvgIpc) is 3.13. The fourth-order valence-corrected chi connectivity index (χ4v) is 4.07. The van der Waals surface area contributed by atoms with Crippen molar-refractivity contribution in [1.29, 1.82) is 0 Å². The Morgan fingerprint density at radius 3 is 2.74 bits per heavy atom. The molecule has 1 fully saturated rings. The van der Waals surface area contributed by atoms with Gasteiger partial charge in [-0.1, -0.05) is 0 Å². The molecule has 0 aromatic carbocycles. The molecule has 2 rings (SSSR count). The summed E-state index contributed by atoms with van der Waals surface area (Å²) in [6.45, 7) is 0.118. The van der Waals surface area contributed by atoms with Crippen molar-refractivity contribution in [2.45, 2.75) is 24.9 Å². The summed E-state index contributed by atoms with van der Waals surface area (Å²) in [7, 11) is -1.51. The second kappa shape index (κ2) is 6.64. The van der Waals surface area contributed by atoms with Crippen molar-refractivity contribution in [2.24, 2.45) is 7.05 Å². The first kappa shape index (κ1) is 17.4. The predicted molar refractivity (Wildman–Crippen MR) is 77.4 cm³/mol. The summed E-state index contributed by atoms with van der Waals surface area (Å²) in [6.07, 6.45) is 2.19. The van der Waals surface area contributed by atoms with Crippen molar-refractivity contribution in [2.75, 3.05) is 13.7 Å². The van der Waals surface area contributed by atoms with Crippen LogP contribution in [-0.2, 0) is 31.6 Å². The second-order valence-electron chi connectivity index (χ2n) is 5.07. The molecule has 1 aromatic rings. The number of carboxylic acid groups (broad SMARTS) is 1. The van der Waals surface area contributed by atoms with E-state index in [0.717, 1.165) is 4.31 Å². The zero-order valence-electron chi connectivity index (χ0n) is 12.7. The lowest BCUT2D eigenvalue weighted by atomic mass is 10.2. The van der Waals surface area contributed by atoms with Crippen molar-refractivity contribution in [3.63, 3.8) is 0 Å². The van der Waals surface area contributed by atoms with Gasteiger partial charge in [0.15, 0.2) is 6.04 Å². The van der Waals surface area contributed by atoms with Crippen molar-refractivity contribution in [1.82, 2.24) is 18.8 Å². The van der Waals surface area contributed by atoms with E-state index in [1.165, 1.54) is 31.1 Å². The number of hydrogen-bond acceptors (Lipinski definition) is 6. The number of carbonyl (C=O) groups is 2. The maximum Gasteiger partial charge on any atom is 0.327 e. The third kappa shape index (κ3) is 3.51. The molecule has 2 heterocycles. The van der Waals surface area contributed by atoms with E-state index in [0.29, 0.717) is 12.8 Å². The molecule has 0 saturated carbocycles. The first-order valence-corrected chi connectivity index (χ1v) is 8.29. The monoisotopic (exact) mass is 346 g/mol. The van der Waals surface area contributed by atoms with E-state index >= 15 is 0 Å². The van der Waals surface area contributed by atoms with Crippen LogP contribution in [0.3, 0.4) is 0 Å². The molecule has 1 aliphatic rings. The molecule has 2 N–H and O–H groups in total. The summed E-state index contributed by atoms with van der Waals surface area (Å²) in [5.74, 6) is -2.04. The van der Waals surface area contributed by atoms with E-state index in [-0.39, 0.29) is 12.2 Å². The highest BCUT2D eigenvalue weighted by Crippen LogP contribution is 2.23. The van der Waals surface area contributed by atoms with Gasteiger partial charge in [-0.15, -0.1) is 0 Å². The van der Waals surface area contributed by atoms with Gasteiger partial charge in [0.25, 0.3) is 10.2 Å². The van der Waals surface area contributed by atoms with Crippen molar-refractivity contribution < 1.29 is 27.9 Å². The molecule has 0 radical (unpaired) electrons. The van der Waals surface area contributed by atoms with Crippen LogP contribution in [0, 0.1) is 0 Å². The number of aromatic nitrogens is 2. The van der Waals surface area contributed by atoms with Crippen LogP contribution in [0.15, 0.2) is 12.3 Å². The number of aliphatic carboxylic acids is 1. The molecule has 0 spiro atoms. The number of methoxy groups -OCH3 is 1. The molecular formula is C12H18N4O6S. The Morgan fingerprint density at radius 2 is 2.22 bits per heavy atom. The molecule has 128 valence electrons. The molecule has 11 heteroatoms. The highest BCUT2D eigenvalue weighted by molar-refractivity contribution is 7.87. The Bertz CT molecular complexity index is 700. The molecule has 0 aliphatic carbocycles. The minimum Gasteiger partial charge on any atom is -0.480 e. The molecule has 10 nitrogen and oxygen atoms in total. The largest absolute Gasteiger partial charge is 0.480 e. The smallest absolute Gasteiger partial charge is 0.327 e. The van der Waals surface area contributed by atoms with E-state index in [9.17, 15) is 23.1 Å². The Labute approximate surface area is 133 Å². The van der Waals surface area contributed by atoms with E-state index in [2.05, 4.69) is 14.6 Å². The molecule has 1 unspecified atom stereocenters. The first-order chi connectivity index (χ1) is 10.8. The number of rotatable bonds is 6. The Morgan fingerprint density at radius 1 is 1.52 bits per heavy atom. The number of carbonyl (C=O) groups excluding carboxylic acids is 1. The van der Waals surface area contributed by atoms with Crippen molar-refractivity contribution in [3.05, 3.63) is 18.0 Å². The molecule has 0 amide bonds. The number of esters is 1. The lowest BCUT2D eigenvalue weighted by Crippen LogP contribution is -2.49. The van der Waals surface area contributed by atoms with E-state index in [1.54, 1.807) is 0 Å². The van der Waals surface area contributed by atoms with E-state index < -0.39 is 34.2 Å².